The normalized spacial score (nSPS) is 19.6. The molecule has 1 aromatic carbocycles. The highest BCUT2D eigenvalue weighted by Crippen LogP contribution is 2.40. The van der Waals surface area contributed by atoms with Gasteiger partial charge in [0.1, 0.15) is 13.6 Å². The van der Waals surface area contributed by atoms with Crippen molar-refractivity contribution in [1.29, 1.82) is 0 Å². The molecule has 66 valence electrons. The molecule has 0 bridgehead atoms. The standard InChI is InChI=1S/C11H13BO/c1-11(6-10(13)7-11)8-3-2-4-9(12)5-8/h2-5H,6-7,12H2,1H3. The van der Waals surface area contributed by atoms with E-state index in [0.29, 0.717) is 5.78 Å². The van der Waals surface area contributed by atoms with E-state index in [0.717, 1.165) is 12.8 Å². The maximum absolute atomic E-state index is 11.0. The van der Waals surface area contributed by atoms with E-state index in [1.165, 1.54) is 11.0 Å². The van der Waals surface area contributed by atoms with Crippen molar-refractivity contribution in [1.82, 2.24) is 0 Å². The van der Waals surface area contributed by atoms with E-state index in [2.05, 4.69) is 39.0 Å². The van der Waals surface area contributed by atoms with Crippen LogP contribution in [0.4, 0.5) is 0 Å². The number of ketones is 1. The molecule has 1 aromatic rings. The monoisotopic (exact) mass is 172 g/mol. The fraction of sp³-hybridized carbons (Fsp3) is 0.364. The first-order chi connectivity index (χ1) is 6.10. The van der Waals surface area contributed by atoms with Crippen LogP contribution in [-0.4, -0.2) is 13.6 Å². The maximum Gasteiger partial charge on any atom is 0.139 e. The van der Waals surface area contributed by atoms with Gasteiger partial charge in [-0.1, -0.05) is 36.7 Å². The quantitative estimate of drug-likeness (QED) is 0.566. The second-order valence-corrected chi connectivity index (χ2v) is 4.32. The molecule has 0 heterocycles. The van der Waals surface area contributed by atoms with Gasteiger partial charge in [-0.2, -0.15) is 0 Å². The molecule has 0 spiro atoms. The summed E-state index contributed by atoms with van der Waals surface area (Å²) in [7, 11) is 2.09. The zero-order valence-corrected chi connectivity index (χ0v) is 8.13. The minimum Gasteiger partial charge on any atom is -0.300 e. The van der Waals surface area contributed by atoms with Crippen molar-refractivity contribution in [2.45, 2.75) is 25.2 Å². The molecular formula is C11H13BO. The molecule has 0 N–H and O–H groups in total. The van der Waals surface area contributed by atoms with Crippen molar-refractivity contribution >= 4 is 19.1 Å². The molecule has 1 aliphatic rings. The van der Waals surface area contributed by atoms with Crippen LogP contribution in [0, 0.1) is 0 Å². The lowest BCUT2D eigenvalue weighted by molar-refractivity contribution is -0.127. The third-order valence-corrected chi connectivity index (χ3v) is 2.89. The van der Waals surface area contributed by atoms with Crippen molar-refractivity contribution in [3.63, 3.8) is 0 Å². The SMILES string of the molecule is Bc1cccc(C2(C)CC(=O)C2)c1. The zero-order valence-electron chi connectivity index (χ0n) is 8.13. The van der Waals surface area contributed by atoms with Gasteiger partial charge in [0.15, 0.2) is 0 Å². The van der Waals surface area contributed by atoms with Gasteiger partial charge in [0, 0.05) is 18.3 Å². The lowest BCUT2D eigenvalue weighted by atomic mass is 9.64. The Hall–Kier alpha value is -1.05. The summed E-state index contributed by atoms with van der Waals surface area (Å²) >= 11 is 0. The molecular weight excluding hydrogens is 159 g/mol. The van der Waals surface area contributed by atoms with Gasteiger partial charge in [-0.05, 0) is 5.56 Å². The number of carbonyl (C=O) groups excluding carboxylic acids is 1. The first-order valence-electron chi connectivity index (χ1n) is 4.69. The second kappa shape index (κ2) is 2.73. The molecule has 1 fully saturated rings. The Balaban J connectivity index is 2.31. The third kappa shape index (κ3) is 1.41. The van der Waals surface area contributed by atoms with Crippen LogP contribution in [0.25, 0.3) is 0 Å². The molecule has 0 aliphatic heterocycles. The van der Waals surface area contributed by atoms with Crippen molar-refractivity contribution in [3.05, 3.63) is 29.8 Å². The molecule has 0 atom stereocenters. The van der Waals surface area contributed by atoms with Crippen LogP contribution in [0.3, 0.4) is 0 Å². The average Bonchev–Trinajstić information content (AvgIpc) is 2.02. The predicted octanol–water partition coefficient (Wildman–Crippen LogP) is 0.566. The lowest BCUT2D eigenvalue weighted by Crippen LogP contribution is -2.39. The number of rotatable bonds is 1. The molecule has 1 saturated carbocycles. The Kier molecular flexibility index (Phi) is 1.79. The smallest absolute Gasteiger partial charge is 0.139 e. The number of benzene rings is 1. The summed E-state index contributed by atoms with van der Waals surface area (Å²) in [4.78, 5) is 11.0. The Bertz CT molecular complexity index is 349. The highest BCUT2D eigenvalue weighted by atomic mass is 16.1. The topological polar surface area (TPSA) is 17.1 Å². The minimum atomic E-state index is 0.128. The summed E-state index contributed by atoms with van der Waals surface area (Å²) in [6.07, 6.45) is 1.44. The largest absolute Gasteiger partial charge is 0.300 e. The first kappa shape index (κ1) is 8.55. The van der Waals surface area contributed by atoms with Gasteiger partial charge in [-0.3, -0.25) is 4.79 Å². The van der Waals surface area contributed by atoms with Gasteiger partial charge in [0.25, 0.3) is 0 Å². The van der Waals surface area contributed by atoms with E-state index in [1.54, 1.807) is 0 Å². The van der Waals surface area contributed by atoms with Crippen LogP contribution in [-0.2, 0) is 10.2 Å². The van der Waals surface area contributed by atoms with Gasteiger partial charge >= 0.3 is 0 Å². The zero-order chi connectivity index (χ0) is 9.47. The molecule has 0 aromatic heterocycles. The van der Waals surface area contributed by atoms with E-state index < -0.39 is 0 Å². The Labute approximate surface area is 79.6 Å². The van der Waals surface area contributed by atoms with Gasteiger partial charge in [-0.15, -0.1) is 0 Å². The van der Waals surface area contributed by atoms with Crippen molar-refractivity contribution in [2.75, 3.05) is 0 Å². The number of hydrogen-bond donors (Lipinski definition) is 0. The van der Waals surface area contributed by atoms with Gasteiger partial charge in [0.05, 0.1) is 0 Å². The van der Waals surface area contributed by atoms with Crippen LogP contribution in [0.1, 0.15) is 25.3 Å². The molecule has 1 aliphatic carbocycles. The number of Topliss-reactive ketones (excluding diaryl/α,β-unsaturated/α-hetero) is 1. The van der Waals surface area contributed by atoms with Crippen LogP contribution in [0.5, 0.6) is 0 Å². The third-order valence-electron chi connectivity index (χ3n) is 2.89. The molecule has 0 radical (unpaired) electrons. The lowest BCUT2D eigenvalue weighted by Gasteiger charge is -2.37. The maximum atomic E-state index is 11.0. The highest BCUT2D eigenvalue weighted by molar-refractivity contribution is 6.32. The summed E-state index contributed by atoms with van der Waals surface area (Å²) in [5.41, 5.74) is 2.72. The first-order valence-corrected chi connectivity index (χ1v) is 4.69. The van der Waals surface area contributed by atoms with E-state index in [-0.39, 0.29) is 5.41 Å². The molecule has 0 unspecified atom stereocenters. The van der Waals surface area contributed by atoms with E-state index in [9.17, 15) is 4.79 Å². The summed E-state index contributed by atoms with van der Waals surface area (Å²) < 4.78 is 0. The Morgan fingerprint density at radius 3 is 2.62 bits per heavy atom. The summed E-state index contributed by atoms with van der Waals surface area (Å²) in [5, 5.41) is 0. The average molecular weight is 172 g/mol. The Morgan fingerprint density at radius 1 is 1.38 bits per heavy atom. The summed E-state index contributed by atoms with van der Waals surface area (Å²) in [6, 6.07) is 8.47. The fourth-order valence-electron chi connectivity index (χ4n) is 2.04. The number of carbonyl (C=O) groups is 1. The summed E-state index contributed by atoms with van der Waals surface area (Å²) in [5.74, 6) is 0.393. The van der Waals surface area contributed by atoms with Crippen molar-refractivity contribution < 1.29 is 4.79 Å². The van der Waals surface area contributed by atoms with Gasteiger partial charge in [0.2, 0.25) is 0 Å². The highest BCUT2D eigenvalue weighted by Gasteiger charge is 2.40. The van der Waals surface area contributed by atoms with Crippen LogP contribution in [0.2, 0.25) is 0 Å². The van der Waals surface area contributed by atoms with Crippen LogP contribution >= 0.6 is 0 Å². The fourth-order valence-corrected chi connectivity index (χ4v) is 2.04. The molecule has 2 heteroatoms. The van der Waals surface area contributed by atoms with E-state index in [1.807, 2.05) is 0 Å². The van der Waals surface area contributed by atoms with Crippen molar-refractivity contribution in [2.24, 2.45) is 0 Å². The van der Waals surface area contributed by atoms with E-state index >= 15 is 0 Å². The molecule has 1 nitrogen and oxygen atoms in total. The molecule has 0 saturated heterocycles. The molecule has 13 heavy (non-hydrogen) atoms. The molecule has 0 amide bonds. The van der Waals surface area contributed by atoms with Crippen molar-refractivity contribution in [3.8, 4) is 0 Å². The Morgan fingerprint density at radius 2 is 2.08 bits per heavy atom. The van der Waals surface area contributed by atoms with Crippen LogP contribution < -0.4 is 5.46 Å². The predicted molar refractivity (Wildman–Crippen MR) is 56.2 cm³/mol. The molecule has 2 rings (SSSR count). The van der Waals surface area contributed by atoms with E-state index in [4.69, 9.17) is 0 Å². The van der Waals surface area contributed by atoms with Gasteiger partial charge in [-0.25, -0.2) is 0 Å². The van der Waals surface area contributed by atoms with Crippen LogP contribution in [0.15, 0.2) is 24.3 Å². The number of hydrogen-bond acceptors (Lipinski definition) is 1. The second-order valence-electron chi connectivity index (χ2n) is 4.32. The minimum absolute atomic E-state index is 0.128. The summed E-state index contributed by atoms with van der Waals surface area (Å²) in [6.45, 7) is 2.17. The van der Waals surface area contributed by atoms with Gasteiger partial charge < -0.3 is 0 Å².